The fourth-order valence-corrected chi connectivity index (χ4v) is 0.886. The van der Waals surface area contributed by atoms with Crippen LogP contribution >= 0.6 is 0 Å². The van der Waals surface area contributed by atoms with Crippen LogP contribution in [0.25, 0.3) is 0 Å². The van der Waals surface area contributed by atoms with Gasteiger partial charge in [-0.1, -0.05) is 11.8 Å². The molecule has 15 heavy (non-hydrogen) atoms. The normalized spacial score (nSPS) is 19.1. The van der Waals surface area contributed by atoms with Crippen LogP contribution < -0.4 is 5.73 Å². The second-order valence-electron chi connectivity index (χ2n) is 2.59. The Labute approximate surface area is 84.9 Å². The summed E-state index contributed by atoms with van der Waals surface area (Å²) in [6, 6.07) is -0.584. The molecule has 1 heterocycles. The van der Waals surface area contributed by atoms with Crippen molar-refractivity contribution in [3.63, 3.8) is 0 Å². The highest BCUT2D eigenvalue weighted by Gasteiger charge is 2.27. The average molecular weight is 211 g/mol. The van der Waals surface area contributed by atoms with Gasteiger partial charge < -0.3 is 10.8 Å². The van der Waals surface area contributed by atoms with Crippen molar-refractivity contribution in [2.75, 3.05) is 7.05 Å². The highest BCUT2D eigenvalue weighted by Crippen LogP contribution is 2.18. The van der Waals surface area contributed by atoms with E-state index in [9.17, 15) is 9.59 Å². The molecule has 8 nitrogen and oxygen atoms in total. The summed E-state index contributed by atoms with van der Waals surface area (Å²) in [5.41, 5.74) is 4.66. The van der Waals surface area contributed by atoms with E-state index in [-0.39, 0.29) is 5.82 Å². The lowest BCUT2D eigenvalue weighted by Gasteiger charge is -2.25. The Kier molecular flexibility index (Phi) is 2.70. The summed E-state index contributed by atoms with van der Waals surface area (Å²) >= 11 is 0. The van der Waals surface area contributed by atoms with Crippen molar-refractivity contribution in [1.29, 1.82) is 0 Å². The summed E-state index contributed by atoms with van der Waals surface area (Å²) in [4.78, 5) is 22.9. The zero-order chi connectivity index (χ0) is 11.6. The fourth-order valence-electron chi connectivity index (χ4n) is 0.886. The number of amides is 2. The molecule has 0 spiro atoms. The summed E-state index contributed by atoms with van der Waals surface area (Å²) < 4.78 is 0. The predicted molar refractivity (Wildman–Crippen MR) is 48.9 cm³/mol. The largest absolute Gasteiger partial charge is 0.476 e. The first kappa shape index (κ1) is 10.7. The van der Waals surface area contributed by atoms with Crippen molar-refractivity contribution in [2.45, 2.75) is 0 Å². The molecule has 1 aliphatic rings. The molecule has 0 aromatic carbocycles. The monoisotopic (exact) mass is 211 g/mol. The van der Waals surface area contributed by atoms with Crippen molar-refractivity contribution < 1.29 is 14.7 Å². The van der Waals surface area contributed by atoms with Crippen molar-refractivity contribution in [1.82, 2.24) is 9.91 Å². The van der Waals surface area contributed by atoms with Gasteiger partial charge in [-0.3, -0.25) is 0 Å². The molecular formula is C7H9N5O3. The first-order valence-corrected chi connectivity index (χ1v) is 3.83. The van der Waals surface area contributed by atoms with Crippen molar-refractivity contribution in [2.24, 2.45) is 16.1 Å². The van der Waals surface area contributed by atoms with E-state index in [2.05, 4.69) is 16.9 Å². The van der Waals surface area contributed by atoms with E-state index < -0.39 is 17.7 Å². The highest BCUT2D eigenvalue weighted by atomic mass is 16.4. The van der Waals surface area contributed by atoms with Crippen LogP contribution in [0.4, 0.5) is 4.79 Å². The summed E-state index contributed by atoms with van der Waals surface area (Å²) in [6.07, 6.45) is 1.11. The summed E-state index contributed by atoms with van der Waals surface area (Å²) in [6.45, 7) is 3.36. The molecule has 2 amide bonds. The Balaban J connectivity index is 3.25. The van der Waals surface area contributed by atoms with Crippen LogP contribution in [0.3, 0.4) is 0 Å². The molecule has 1 aliphatic heterocycles. The van der Waals surface area contributed by atoms with Crippen molar-refractivity contribution in [3.05, 3.63) is 24.3 Å². The number of nitrogens with zero attached hydrogens (tertiary/aromatic N) is 4. The lowest BCUT2D eigenvalue weighted by molar-refractivity contribution is -0.132. The second-order valence-corrected chi connectivity index (χ2v) is 2.59. The first-order chi connectivity index (χ1) is 6.99. The summed E-state index contributed by atoms with van der Waals surface area (Å²) in [5, 5.41) is 16.5. The van der Waals surface area contributed by atoms with E-state index in [1.54, 1.807) is 0 Å². The summed E-state index contributed by atoms with van der Waals surface area (Å²) in [7, 11) is 1.37. The maximum atomic E-state index is 11.4. The van der Waals surface area contributed by atoms with Crippen LogP contribution in [0.1, 0.15) is 0 Å². The van der Waals surface area contributed by atoms with Crippen LogP contribution in [0, 0.1) is 0 Å². The van der Waals surface area contributed by atoms with Gasteiger partial charge >= 0.3 is 12.0 Å². The van der Waals surface area contributed by atoms with Gasteiger partial charge in [0.15, 0.2) is 11.5 Å². The third-order valence-corrected chi connectivity index (χ3v) is 1.64. The Hall–Kier alpha value is -2.38. The van der Waals surface area contributed by atoms with E-state index in [1.165, 1.54) is 7.05 Å². The Morgan fingerprint density at radius 2 is 2.27 bits per heavy atom. The van der Waals surface area contributed by atoms with E-state index in [4.69, 9.17) is 10.8 Å². The molecule has 80 valence electrons. The number of carboxylic acids is 1. The Bertz CT molecular complexity index is 386. The van der Waals surface area contributed by atoms with E-state index in [0.29, 0.717) is 0 Å². The molecule has 0 bridgehead atoms. The standard InChI is InChI=1S/C7H9N5O3/c1-3-12-5(4(8)6(13)14)9-10-11(2)7(12)15/h3H,1,8H2,2H3,(H,13,14)/b5-4-. The van der Waals surface area contributed by atoms with Gasteiger partial charge in [0.1, 0.15) is 0 Å². The SMILES string of the molecule is C=CN1C(=O)N(C)N=N/C1=C(/N)C(=O)O. The highest BCUT2D eigenvalue weighted by molar-refractivity contribution is 5.88. The lowest BCUT2D eigenvalue weighted by Crippen LogP contribution is -2.38. The molecule has 0 radical (unpaired) electrons. The number of rotatable bonds is 2. The van der Waals surface area contributed by atoms with Gasteiger partial charge in [0.05, 0.1) is 0 Å². The number of aliphatic carboxylic acids is 1. The molecule has 0 aromatic rings. The van der Waals surface area contributed by atoms with Gasteiger partial charge in [-0.05, 0) is 0 Å². The molecule has 1 rings (SSSR count). The number of urea groups is 1. The quantitative estimate of drug-likeness (QED) is 0.629. The van der Waals surface area contributed by atoms with Gasteiger partial charge in [-0.25, -0.2) is 14.5 Å². The number of hydrogen-bond acceptors (Lipinski definition) is 5. The molecular weight excluding hydrogens is 202 g/mol. The molecule has 0 aromatic heterocycles. The second kappa shape index (κ2) is 3.78. The van der Waals surface area contributed by atoms with Crippen molar-refractivity contribution in [3.8, 4) is 0 Å². The maximum Gasteiger partial charge on any atom is 0.355 e. The van der Waals surface area contributed by atoms with Gasteiger partial charge in [-0.15, -0.1) is 5.11 Å². The molecule has 3 N–H and O–H groups in total. The lowest BCUT2D eigenvalue weighted by atomic mass is 10.4. The maximum absolute atomic E-state index is 11.4. The minimum absolute atomic E-state index is 0.249. The third-order valence-electron chi connectivity index (χ3n) is 1.64. The van der Waals surface area contributed by atoms with Crippen LogP contribution in [-0.2, 0) is 4.79 Å². The molecule has 0 atom stereocenters. The number of carboxylic acid groups (broad SMARTS) is 1. The predicted octanol–water partition coefficient (Wildman–Crippen LogP) is 0.0769. The average Bonchev–Trinajstić information content (AvgIpc) is 2.20. The topological polar surface area (TPSA) is 112 Å². The van der Waals surface area contributed by atoms with Crippen LogP contribution in [0.15, 0.2) is 34.6 Å². The van der Waals surface area contributed by atoms with Gasteiger partial charge in [0.2, 0.25) is 0 Å². The van der Waals surface area contributed by atoms with Crippen molar-refractivity contribution >= 4 is 12.0 Å². The van der Waals surface area contributed by atoms with E-state index in [1.807, 2.05) is 0 Å². The minimum atomic E-state index is -1.38. The smallest absolute Gasteiger partial charge is 0.355 e. The number of carbonyl (C=O) groups is 2. The molecule has 8 heteroatoms. The van der Waals surface area contributed by atoms with Crippen LogP contribution in [-0.4, -0.2) is 34.1 Å². The molecule has 0 saturated carbocycles. The zero-order valence-electron chi connectivity index (χ0n) is 7.91. The number of carbonyl (C=O) groups excluding carboxylic acids is 1. The molecule has 0 saturated heterocycles. The molecule has 0 unspecified atom stereocenters. The van der Waals surface area contributed by atoms with Gasteiger partial charge in [0.25, 0.3) is 0 Å². The number of hydrogen-bond donors (Lipinski definition) is 2. The van der Waals surface area contributed by atoms with E-state index in [0.717, 1.165) is 16.1 Å². The van der Waals surface area contributed by atoms with E-state index >= 15 is 0 Å². The van der Waals surface area contributed by atoms with Crippen LogP contribution in [0.2, 0.25) is 0 Å². The Morgan fingerprint density at radius 1 is 1.67 bits per heavy atom. The summed E-state index contributed by atoms with van der Waals surface area (Å²) in [5.74, 6) is -1.63. The third kappa shape index (κ3) is 1.77. The zero-order valence-corrected chi connectivity index (χ0v) is 7.91. The van der Waals surface area contributed by atoms with Gasteiger partial charge in [0, 0.05) is 13.2 Å². The number of nitrogens with two attached hydrogens (primary N) is 1. The van der Waals surface area contributed by atoms with Gasteiger partial charge in [-0.2, -0.15) is 5.01 Å². The molecule has 0 fully saturated rings. The first-order valence-electron chi connectivity index (χ1n) is 3.83. The Morgan fingerprint density at radius 3 is 2.73 bits per heavy atom. The fraction of sp³-hybridized carbons (Fsp3) is 0.143. The molecule has 0 aliphatic carbocycles. The van der Waals surface area contributed by atoms with Crippen LogP contribution in [0.5, 0.6) is 0 Å². The minimum Gasteiger partial charge on any atom is -0.476 e.